The van der Waals surface area contributed by atoms with E-state index in [-0.39, 0.29) is 35.5 Å². The predicted octanol–water partition coefficient (Wildman–Crippen LogP) is 4.67. The highest BCUT2D eigenvalue weighted by Gasteiger charge is 2.18. The van der Waals surface area contributed by atoms with Gasteiger partial charge in [0.25, 0.3) is 5.91 Å². The van der Waals surface area contributed by atoms with Crippen LogP contribution in [0.15, 0.2) is 36.4 Å². The molecule has 0 spiro atoms. The lowest BCUT2D eigenvalue weighted by Gasteiger charge is -2.13. The summed E-state index contributed by atoms with van der Waals surface area (Å²) < 4.78 is 15.7. The SMILES string of the molecule is CCOC(=O)c1cc(Cl)c(NC(=O)COc2ccc(C(C)C)cc2)cc1OC. The summed E-state index contributed by atoms with van der Waals surface area (Å²) in [5.41, 5.74) is 1.70. The molecule has 0 aliphatic carbocycles. The lowest BCUT2D eigenvalue weighted by Crippen LogP contribution is -2.20. The smallest absolute Gasteiger partial charge is 0.341 e. The van der Waals surface area contributed by atoms with Crippen LogP contribution in [0.2, 0.25) is 5.02 Å². The van der Waals surface area contributed by atoms with Gasteiger partial charge in [0.15, 0.2) is 6.61 Å². The molecule has 0 bridgehead atoms. The van der Waals surface area contributed by atoms with Crippen molar-refractivity contribution >= 4 is 29.2 Å². The first kappa shape index (κ1) is 21.6. The van der Waals surface area contributed by atoms with E-state index in [4.69, 9.17) is 25.8 Å². The summed E-state index contributed by atoms with van der Waals surface area (Å²) in [7, 11) is 1.42. The zero-order valence-electron chi connectivity index (χ0n) is 16.4. The number of ether oxygens (including phenoxy) is 3. The maximum absolute atomic E-state index is 12.2. The fourth-order valence-electron chi connectivity index (χ4n) is 2.47. The molecule has 7 heteroatoms. The van der Waals surface area contributed by atoms with Crippen LogP contribution in [0.25, 0.3) is 0 Å². The highest BCUT2D eigenvalue weighted by Crippen LogP contribution is 2.31. The van der Waals surface area contributed by atoms with Crippen molar-refractivity contribution in [3.8, 4) is 11.5 Å². The number of carbonyl (C=O) groups excluding carboxylic acids is 2. The Morgan fingerprint density at radius 1 is 1.14 bits per heavy atom. The molecule has 0 aliphatic heterocycles. The highest BCUT2D eigenvalue weighted by atomic mass is 35.5. The van der Waals surface area contributed by atoms with Crippen molar-refractivity contribution in [1.82, 2.24) is 0 Å². The van der Waals surface area contributed by atoms with Gasteiger partial charge in [0.05, 0.1) is 24.4 Å². The van der Waals surface area contributed by atoms with E-state index >= 15 is 0 Å². The molecule has 1 N–H and O–H groups in total. The minimum atomic E-state index is -0.549. The Labute approximate surface area is 169 Å². The first-order valence-electron chi connectivity index (χ1n) is 8.93. The average Bonchev–Trinajstić information content (AvgIpc) is 2.68. The van der Waals surface area contributed by atoms with Gasteiger partial charge in [-0.25, -0.2) is 4.79 Å². The number of rotatable bonds is 8. The average molecular weight is 406 g/mol. The second-order valence-electron chi connectivity index (χ2n) is 6.31. The van der Waals surface area contributed by atoms with E-state index in [1.165, 1.54) is 24.8 Å². The van der Waals surface area contributed by atoms with Gasteiger partial charge in [-0.05, 0) is 36.6 Å². The highest BCUT2D eigenvalue weighted by molar-refractivity contribution is 6.34. The zero-order chi connectivity index (χ0) is 20.7. The van der Waals surface area contributed by atoms with Crippen LogP contribution in [-0.4, -0.2) is 32.2 Å². The Bertz CT molecular complexity index is 833. The maximum atomic E-state index is 12.2. The minimum absolute atomic E-state index is 0.181. The first-order valence-corrected chi connectivity index (χ1v) is 9.30. The van der Waals surface area contributed by atoms with Gasteiger partial charge in [-0.1, -0.05) is 37.6 Å². The molecule has 0 atom stereocenters. The maximum Gasteiger partial charge on any atom is 0.341 e. The number of methoxy groups -OCH3 is 1. The van der Waals surface area contributed by atoms with Crippen LogP contribution in [0.5, 0.6) is 11.5 Å². The molecule has 0 aliphatic rings. The zero-order valence-corrected chi connectivity index (χ0v) is 17.1. The molecular formula is C21H24ClNO5. The number of carbonyl (C=O) groups is 2. The summed E-state index contributed by atoms with van der Waals surface area (Å²) in [5.74, 6) is 0.337. The molecule has 0 saturated carbocycles. The van der Waals surface area contributed by atoms with Crippen molar-refractivity contribution in [2.45, 2.75) is 26.7 Å². The van der Waals surface area contributed by atoms with Crippen LogP contribution in [0.4, 0.5) is 5.69 Å². The van der Waals surface area contributed by atoms with Gasteiger partial charge in [-0.15, -0.1) is 0 Å². The number of esters is 1. The largest absolute Gasteiger partial charge is 0.496 e. The number of hydrogen-bond donors (Lipinski definition) is 1. The molecule has 1 amide bonds. The van der Waals surface area contributed by atoms with E-state index in [0.29, 0.717) is 17.4 Å². The van der Waals surface area contributed by atoms with Crippen LogP contribution in [0, 0.1) is 0 Å². The molecule has 2 rings (SSSR count). The van der Waals surface area contributed by atoms with Gasteiger partial charge in [0.1, 0.15) is 17.1 Å². The number of halogens is 1. The summed E-state index contributed by atoms with van der Waals surface area (Å²) in [6.07, 6.45) is 0. The number of amides is 1. The molecule has 0 radical (unpaired) electrons. The van der Waals surface area contributed by atoms with Gasteiger partial charge in [-0.3, -0.25) is 4.79 Å². The van der Waals surface area contributed by atoms with Crippen LogP contribution >= 0.6 is 11.6 Å². The fraction of sp³-hybridized carbons (Fsp3) is 0.333. The van der Waals surface area contributed by atoms with E-state index in [9.17, 15) is 9.59 Å². The van der Waals surface area contributed by atoms with Crippen molar-refractivity contribution in [3.63, 3.8) is 0 Å². The Morgan fingerprint density at radius 3 is 2.39 bits per heavy atom. The van der Waals surface area contributed by atoms with E-state index < -0.39 is 5.97 Å². The number of benzene rings is 2. The van der Waals surface area contributed by atoms with Crippen LogP contribution in [0.3, 0.4) is 0 Å². The molecule has 6 nitrogen and oxygen atoms in total. The van der Waals surface area contributed by atoms with Crippen molar-refractivity contribution in [2.75, 3.05) is 25.6 Å². The first-order chi connectivity index (χ1) is 13.3. The van der Waals surface area contributed by atoms with Crippen molar-refractivity contribution < 1.29 is 23.8 Å². The topological polar surface area (TPSA) is 73.9 Å². The van der Waals surface area contributed by atoms with Gasteiger partial charge in [-0.2, -0.15) is 0 Å². The predicted molar refractivity (Wildman–Crippen MR) is 109 cm³/mol. The van der Waals surface area contributed by atoms with Gasteiger partial charge >= 0.3 is 5.97 Å². The molecule has 0 unspecified atom stereocenters. The van der Waals surface area contributed by atoms with Crippen LogP contribution in [0.1, 0.15) is 42.6 Å². The molecule has 0 fully saturated rings. The normalized spacial score (nSPS) is 10.5. The standard InChI is InChI=1S/C21H24ClNO5/c1-5-27-21(25)16-10-17(22)18(11-19(16)26-4)23-20(24)12-28-15-8-6-14(7-9-15)13(2)3/h6-11,13H,5,12H2,1-4H3,(H,23,24). The van der Waals surface area contributed by atoms with E-state index in [1.54, 1.807) is 6.92 Å². The molecule has 2 aromatic carbocycles. The van der Waals surface area contributed by atoms with E-state index in [2.05, 4.69) is 19.2 Å². The molecule has 0 aromatic heterocycles. The third-order valence-electron chi connectivity index (χ3n) is 3.98. The number of anilines is 1. The Hall–Kier alpha value is -2.73. The van der Waals surface area contributed by atoms with Gasteiger partial charge in [0, 0.05) is 6.07 Å². The van der Waals surface area contributed by atoms with Crippen molar-refractivity contribution in [3.05, 3.63) is 52.5 Å². The van der Waals surface area contributed by atoms with Crippen LogP contribution in [-0.2, 0) is 9.53 Å². The molecule has 28 heavy (non-hydrogen) atoms. The van der Waals surface area contributed by atoms with Crippen molar-refractivity contribution in [2.24, 2.45) is 0 Å². The summed E-state index contributed by atoms with van der Waals surface area (Å²) in [6.45, 7) is 5.97. The summed E-state index contributed by atoms with van der Waals surface area (Å²) in [4.78, 5) is 24.2. The lowest BCUT2D eigenvalue weighted by atomic mass is 10.0. The monoisotopic (exact) mass is 405 g/mol. The third-order valence-corrected chi connectivity index (χ3v) is 4.29. The minimum Gasteiger partial charge on any atom is -0.496 e. The molecule has 0 heterocycles. The molecule has 2 aromatic rings. The fourth-order valence-corrected chi connectivity index (χ4v) is 2.68. The van der Waals surface area contributed by atoms with E-state index in [0.717, 1.165) is 0 Å². The van der Waals surface area contributed by atoms with E-state index in [1.807, 2.05) is 24.3 Å². The van der Waals surface area contributed by atoms with Crippen molar-refractivity contribution in [1.29, 1.82) is 0 Å². The van der Waals surface area contributed by atoms with Gasteiger partial charge < -0.3 is 19.5 Å². The molecule has 0 saturated heterocycles. The molecule has 150 valence electrons. The summed E-state index contributed by atoms with van der Waals surface area (Å²) >= 11 is 6.19. The number of hydrogen-bond acceptors (Lipinski definition) is 5. The Morgan fingerprint density at radius 2 is 1.82 bits per heavy atom. The third kappa shape index (κ3) is 5.63. The Kier molecular flexibility index (Phi) is 7.70. The summed E-state index contributed by atoms with van der Waals surface area (Å²) in [5, 5.41) is 2.85. The molecular weight excluding hydrogens is 382 g/mol. The lowest BCUT2D eigenvalue weighted by molar-refractivity contribution is -0.118. The summed E-state index contributed by atoms with van der Waals surface area (Å²) in [6, 6.07) is 10.5. The van der Waals surface area contributed by atoms with Gasteiger partial charge in [0.2, 0.25) is 0 Å². The Balaban J connectivity index is 2.03. The second kappa shape index (κ2) is 9.99. The quantitative estimate of drug-likeness (QED) is 0.646. The van der Waals surface area contributed by atoms with Crippen LogP contribution < -0.4 is 14.8 Å². The second-order valence-corrected chi connectivity index (χ2v) is 6.72. The number of nitrogens with one attached hydrogen (secondary N) is 1.